The summed E-state index contributed by atoms with van der Waals surface area (Å²) in [5.41, 5.74) is 0. The monoisotopic (exact) mass is 735 g/mol. The highest BCUT2D eigenvalue weighted by atomic mass is 31.2. The lowest BCUT2D eigenvalue weighted by atomic mass is 10.0. The zero-order chi connectivity index (χ0) is 37.4. The van der Waals surface area contributed by atoms with Crippen molar-refractivity contribution in [2.24, 2.45) is 0 Å². The highest BCUT2D eigenvalue weighted by Crippen LogP contribution is 2.43. The minimum atomic E-state index is -4.45. The zero-order valence-corrected chi connectivity index (χ0v) is 34.2. The van der Waals surface area contributed by atoms with E-state index in [9.17, 15) is 24.2 Å². The van der Waals surface area contributed by atoms with E-state index in [0.29, 0.717) is 23.9 Å². The number of esters is 1. The average Bonchev–Trinajstić information content (AvgIpc) is 3.06. The number of hydrogen-bond donors (Lipinski definition) is 2. The molecule has 50 heavy (non-hydrogen) atoms. The third-order valence-electron chi connectivity index (χ3n) is 9.36. The number of ketones is 1. The van der Waals surface area contributed by atoms with Crippen LogP contribution in [0.1, 0.15) is 194 Å². The molecule has 9 nitrogen and oxygen atoms in total. The van der Waals surface area contributed by atoms with Crippen LogP contribution < -0.4 is 0 Å². The Morgan fingerprint density at radius 1 is 0.580 bits per heavy atom. The molecule has 0 aliphatic rings. The van der Waals surface area contributed by atoms with E-state index >= 15 is 0 Å². The number of rotatable bonds is 38. The Balaban J connectivity index is 4.57. The second-order valence-electron chi connectivity index (χ2n) is 15.5. The van der Waals surface area contributed by atoms with Crippen molar-refractivity contribution in [2.75, 3.05) is 40.9 Å². The number of aliphatic hydroxyl groups excluding tert-OH is 1. The Labute approximate surface area is 308 Å². The van der Waals surface area contributed by atoms with Gasteiger partial charge in [0.15, 0.2) is 11.9 Å². The van der Waals surface area contributed by atoms with E-state index < -0.39 is 32.6 Å². The van der Waals surface area contributed by atoms with Crippen LogP contribution in [0.25, 0.3) is 0 Å². The summed E-state index contributed by atoms with van der Waals surface area (Å²) >= 11 is 0. The van der Waals surface area contributed by atoms with E-state index in [1.807, 2.05) is 21.1 Å². The quantitative estimate of drug-likeness (QED) is 0.0278. The van der Waals surface area contributed by atoms with Gasteiger partial charge in [0, 0.05) is 12.8 Å². The van der Waals surface area contributed by atoms with Crippen LogP contribution in [-0.4, -0.2) is 79.3 Å². The van der Waals surface area contributed by atoms with Gasteiger partial charge in [-0.05, 0) is 12.8 Å². The highest BCUT2D eigenvalue weighted by molar-refractivity contribution is 7.47. The SMILES string of the molecule is CCCCCCCCCCCCCCCC(=O)OC(C(=O)CCCCCCCCCCCCCCC)C(O)COP(=O)(O)OCC[N+](C)(C)C. The van der Waals surface area contributed by atoms with Gasteiger partial charge >= 0.3 is 13.8 Å². The van der Waals surface area contributed by atoms with Crippen molar-refractivity contribution >= 4 is 19.6 Å². The number of unbranched alkanes of at least 4 members (excludes halogenated alkanes) is 24. The number of phosphoric ester groups is 1. The molecule has 0 amide bonds. The average molecular weight is 735 g/mol. The van der Waals surface area contributed by atoms with Crippen LogP contribution in [0.15, 0.2) is 0 Å². The molecule has 0 aromatic heterocycles. The number of carbonyl (C=O) groups excluding carboxylic acids is 2. The van der Waals surface area contributed by atoms with Gasteiger partial charge in [-0.2, -0.15) is 0 Å². The van der Waals surface area contributed by atoms with E-state index in [0.717, 1.165) is 38.5 Å². The van der Waals surface area contributed by atoms with Crippen molar-refractivity contribution in [3.05, 3.63) is 0 Å². The number of phosphoric acid groups is 1. The molecule has 10 heteroatoms. The summed E-state index contributed by atoms with van der Waals surface area (Å²) in [6, 6.07) is 0. The Bertz CT molecular complexity index is 850. The fourth-order valence-electron chi connectivity index (χ4n) is 6.03. The largest absolute Gasteiger partial charge is 0.472 e. The smallest absolute Gasteiger partial charge is 0.451 e. The lowest BCUT2D eigenvalue weighted by Crippen LogP contribution is -2.41. The first-order chi connectivity index (χ1) is 23.9. The topological polar surface area (TPSA) is 119 Å². The van der Waals surface area contributed by atoms with Crippen LogP contribution in [-0.2, 0) is 27.9 Å². The molecule has 0 aromatic carbocycles. The van der Waals surface area contributed by atoms with Gasteiger partial charge in [0.25, 0.3) is 0 Å². The summed E-state index contributed by atoms with van der Waals surface area (Å²) in [6.45, 7) is 4.30. The fourth-order valence-corrected chi connectivity index (χ4v) is 6.76. The van der Waals surface area contributed by atoms with Crippen molar-refractivity contribution in [2.45, 2.75) is 206 Å². The number of Topliss-reactive ketones (excluding diaryl/α,β-unsaturated/α-hetero) is 1. The van der Waals surface area contributed by atoms with E-state index in [4.69, 9.17) is 13.8 Å². The maximum Gasteiger partial charge on any atom is 0.472 e. The van der Waals surface area contributed by atoms with E-state index in [-0.39, 0.29) is 25.2 Å². The maximum atomic E-state index is 13.2. The number of likely N-dealkylation sites (N-methyl/N-ethyl adjacent to an activating group) is 1. The van der Waals surface area contributed by atoms with E-state index in [1.54, 1.807) is 0 Å². The molecule has 0 saturated carbocycles. The second kappa shape index (κ2) is 32.8. The van der Waals surface area contributed by atoms with Crippen LogP contribution in [0.3, 0.4) is 0 Å². The molecule has 0 aliphatic heterocycles. The number of aliphatic hydroxyl groups is 1. The molecule has 0 fully saturated rings. The summed E-state index contributed by atoms with van der Waals surface area (Å²) in [6.07, 6.45) is 28.3. The summed E-state index contributed by atoms with van der Waals surface area (Å²) in [5, 5.41) is 10.8. The lowest BCUT2D eigenvalue weighted by Gasteiger charge is -2.25. The third kappa shape index (κ3) is 33.0. The number of carbonyl (C=O) groups is 2. The molecule has 0 radical (unpaired) electrons. The molecule has 0 rings (SSSR count). The van der Waals surface area contributed by atoms with E-state index in [1.165, 1.54) is 116 Å². The molecular formula is C40H81NO8P+. The Morgan fingerprint density at radius 3 is 1.32 bits per heavy atom. The van der Waals surface area contributed by atoms with Crippen molar-refractivity contribution in [3.8, 4) is 0 Å². The molecule has 0 spiro atoms. The molecule has 0 aromatic rings. The van der Waals surface area contributed by atoms with Gasteiger partial charge in [0.1, 0.15) is 19.3 Å². The molecule has 3 atom stereocenters. The Kier molecular flexibility index (Phi) is 32.2. The van der Waals surface area contributed by atoms with Gasteiger partial charge in [0.05, 0.1) is 27.7 Å². The van der Waals surface area contributed by atoms with Crippen molar-refractivity contribution < 1.29 is 42.4 Å². The van der Waals surface area contributed by atoms with Gasteiger partial charge in [-0.15, -0.1) is 0 Å². The third-order valence-corrected chi connectivity index (χ3v) is 10.3. The highest BCUT2D eigenvalue weighted by Gasteiger charge is 2.33. The lowest BCUT2D eigenvalue weighted by molar-refractivity contribution is -0.870. The van der Waals surface area contributed by atoms with Crippen LogP contribution in [0.4, 0.5) is 0 Å². The van der Waals surface area contributed by atoms with Gasteiger partial charge < -0.3 is 19.2 Å². The standard InChI is InChI=1S/C40H80NO8P/c1-6-8-10-12-14-16-18-20-22-24-26-28-30-32-37(42)40(38(43)36-48-50(45,46)47-35-34-41(3,4)5)49-39(44)33-31-29-27-25-23-21-19-17-15-13-11-9-7-2/h38,40,43H,6-36H2,1-5H3/p+1. The first-order valence-electron chi connectivity index (χ1n) is 20.7. The van der Waals surface area contributed by atoms with Crippen LogP contribution in [0, 0.1) is 0 Å². The Morgan fingerprint density at radius 2 is 0.940 bits per heavy atom. The predicted molar refractivity (Wildman–Crippen MR) is 206 cm³/mol. The number of hydrogen-bond acceptors (Lipinski definition) is 7. The first kappa shape index (κ1) is 49.2. The minimum absolute atomic E-state index is 0.0110. The second-order valence-corrected chi connectivity index (χ2v) is 17.0. The molecule has 298 valence electrons. The molecule has 3 unspecified atom stereocenters. The number of ether oxygens (including phenoxy) is 1. The fraction of sp³-hybridized carbons (Fsp3) is 0.950. The Hall–Kier alpha value is -0.830. The number of quaternary nitrogens is 1. The molecule has 0 heterocycles. The van der Waals surface area contributed by atoms with Crippen molar-refractivity contribution in [3.63, 3.8) is 0 Å². The molecular weight excluding hydrogens is 653 g/mol. The summed E-state index contributed by atoms with van der Waals surface area (Å²) in [4.78, 5) is 36.0. The van der Waals surface area contributed by atoms with Crippen LogP contribution in [0.2, 0.25) is 0 Å². The zero-order valence-electron chi connectivity index (χ0n) is 33.3. The molecule has 0 aliphatic carbocycles. The first-order valence-corrected chi connectivity index (χ1v) is 22.2. The van der Waals surface area contributed by atoms with Crippen molar-refractivity contribution in [1.29, 1.82) is 0 Å². The molecule has 2 N–H and O–H groups in total. The van der Waals surface area contributed by atoms with Gasteiger partial charge in [-0.1, -0.05) is 168 Å². The summed E-state index contributed by atoms with van der Waals surface area (Å²) < 4.78 is 28.5. The van der Waals surface area contributed by atoms with Gasteiger partial charge in [-0.3, -0.25) is 18.6 Å². The normalized spacial score (nSPS) is 14.4. The van der Waals surface area contributed by atoms with Gasteiger partial charge in [0.2, 0.25) is 0 Å². The summed E-state index contributed by atoms with van der Waals surface area (Å²) in [7, 11) is 1.33. The van der Waals surface area contributed by atoms with Crippen LogP contribution in [0.5, 0.6) is 0 Å². The summed E-state index contributed by atoms with van der Waals surface area (Å²) in [5.74, 6) is -0.927. The molecule has 0 saturated heterocycles. The molecule has 0 bridgehead atoms. The van der Waals surface area contributed by atoms with E-state index in [2.05, 4.69) is 13.8 Å². The van der Waals surface area contributed by atoms with Crippen LogP contribution >= 0.6 is 7.82 Å². The number of nitrogens with zero attached hydrogens (tertiary/aromatic N) is 1. The maximum absolute atomic E-state index is 13.2. The predicted octanol–water partition coefficient (Wildman–Crippen LogP) is 10.6. The minimum Gasteiger partial charge on any atom is -0.451 e. The van der Waals surface area contributed by atoms with Gasteiger partial charge in [-0.25, -0.2) is 4.57 Å². The van der Waals surface area contributed by atoms with Crippen molar-refractivity contribution in [1.82, 2.24) is 0 Å².